The van der Waals surface area contributed by atoms with Crippen molar-refractivity contribution in [2.24, 2.45) is 0 Å². The average Bonchev–Trinajstić information content (AvgIpc) is 3.57. The first kappa shape index (κ1) is 33.6. The lowest BCUT2D eigenvalue weighted by molar-refractivity contribution is 0.587. The van der Waals surface area contributed by atoms with E-state index in [1.807, 2.05) is 0 Å². The third-order valence-corrected chi connectivity index (χ3v) is 12.7. The second kappa shape index (κ2) is 11.8. The fourth-order valence-electron chi connectivity index (χ4n) is 10.3. The smallest absolute Gasteiger partial charge is 0.0556 e. The molecule has 0 saturated heterocycles. The van der Waals surface area contributed by atoms with Crippen LogP contribution in [0.1, 0.15) is 76.3 Å². The maximum Gasteiger partial charge on any atom is 0.0556 e. The van der Waals surface area contributed by atoms with Gasteiger partial charge in [-0.2, -0.15) is 0 Å². The molecule has 0 N–H and O–H groups in total. The van der Waals surface area contributed by atoms with E-state index in [4.69, 9.17) is 0 Å². The van der Waals surface area contributed by atoms with Crippen molar-refractivity contribution >= 4 is 38.6 Å². The highest BCUT2D eigenvalue weighted by atomic mass is 15.2. The molecule has 1 nitrogen and oxygen atoms in total. The van der Waals surface area contributed by atoms with E-state index in [1.165, 1.54) is 94.1 Å². The van der Waals surface area contributed by atoms with E-state index in [2.05, 4.69) is 211 Å². The van der Waals surface area contributed by atoms with Gasteiger partial charge in [-0.25, -0.2) is 0 Å². The Labute approximate surface area is 325 Å². The van der Waals surface area contributed by atoms with Crippen LogP contribution < -0.4 is 4.90 Å². The van der Waals surface area contributed by atoms with Crippen LogP contribution in [0.4, 0.5) is 17.1 Å². The summed E-state index contributed by atoms with van der Waals surface area (Å²) in [4.78, 5) is 2.64. The Balaban J connectivity index is 1.36. The molecule has 2 aliphatic rings. The number of hydrogen-bond donors (Lipinski definition) is 0. The largest absolute Gasteiger partial charge is 0.309 e. The van der Waals surface area contributed by atoms with Gasteiger partial charge in [-0.1, -0.05) is 188 Å². The zero-order valence-corrected chi connectivity index (χ0v) is 33.0. The first-order chi connectivity index (χ1) is 26.5. The molecule has 0 heterocycles. The van der Waals surface area contributed by atoms with Crippen molar-refractivity contribution in [3.63, 3.8) is 0 Å². The van der Waals surface area contributed by atoms with Crippen molar-refractivity contribution in [3.8, 4) is 33.4 Å². The average molecular weight is 710 g/mol. The Morgan fingerprint density at radius 2 is 0.891 bits per heavy atom. The van der Waals surface area contributed by atoms with Crippen LogP contribution in [-0.4, -0.2) is 0 Å². The highest BCUT2D eigenvalue weighted by Gasteiger charge is 2.50. The SMILES string of the molecule is CC(C)(C)c1c2c(c(N(c3ccc(-c4cccc5ccccc45)cc3)c3cccc4ccccc34)c3c1-c1ccccc1C3(C)C)C(C)(C)c1ccccc1-2. The van der Waals surface area contributed by atoms with Crippen LogP contribution in [0.15, 0.2) is 158 Å². The molecule has 0 atom stereocenters. The summed E-state index contributed by atoms with van der Waals surface area (Å²) in [5, 5.41) is 5.01. The minimum absolute atomic E-state index is 0.113. The topological polar surface area (TPSA) is 3.24 Å². The Morgan fingerprint density at radius 1 is 0.436 bits per heavy atom. The lowest BCUT2D eigenvalue weighted by Gasteiger charge is -2.39. The van der Waals surface area contributed by atoms with E-state index in [0.717, 1.165) is 5.69 Å². The predicted molar refractivity (Wildman–Crippen MR) is 235 cm³/mol. The highest BCUT2D eigenvalue weighted by Crippen LogP contribution is 2.65. The van der Waals surface area contributed by atoms with Gasteiger partial charge in [-0.15, -0.1) is 0 Å². The first-order valence-electron chi connectivity index (χ1n) is 19.8. The van der Waals surface area contributed by atoms with E-state index >= 15 is 0 Å². The summed E-state index contributed by atoms with van der Waals surface area (Å²) in [7, 11) is 0. The van der Waals surface area contributed by atoms with Gasteiger partial charge in [-0.3, -0.25) is 0 Å². The van der Waals surface area contributed by atoms with Crippen LogP contribution in [0, 0.1) is 0 Å². The molecule has 8 aromatic rings. The third kappa shape index (κ3) is 4.78. The summed E-state index contributed by atoms with van der Waals surface area (Å²) in [5.41, 5.74) is 18.2. The molecule has 0 fully saturated rings. The number of benzene rings is 8. The van der Waals surface area contributed by atoms with Crippen LogP contribution >= 0.6 is 0 Å². The molecule has 0 spiro atoms. The molecule has 0 aromatic heterocycles. The number of hydrogen-bond acceptors (Lipinski definition) is 1. The number of fused-ring (bicyclic) bond motifs is 8. The first-order valence-corrected chi connectivity index (χ1v) is 19.8. The maximum atomic E-state index is 2.64. The Kier molecular flexibility index (Phi) is 7.21. The second-order valence-corrected chi connectivity index (χ2v) is 17.7. The molecule has 0 aliphatic heterocycles. The maximum absolute atomic E-state index is 2.64. The lowest BCUT2D eigenvalue weighted by Crippen LogP contribution is -2.27. The molecule has 2 aliphatic carbocycles. The molecule has 0 unspecified atom stereocenters. The van der Waals surface area contributed by atoms with Crippen molar-refractivity contribution in [2.75, 3.05) is 4.90 Å². The van der Waals surface area contributed by atoms with E-state index in [9.17, 15) is 0 Å². The van der Waals surface area contributed by atoms with Crippen molar-refractivity contribution < 1.29 is 0 Å². The van der Waals surface area contributed by atoms with Crippen molar-refractivity contribution in [1.29, 1.82) is 0 Å². The van der Waals surface area contributed by atoms with Crippen LogP contribution in [0.3, 0.4) is 0 Å². The van der Waals surface area contributed by atoms with E-state index in [-0.39, 0.29) is 16.2 Å². The minimum atomic E-state index is -0.257. The molecule has 0 radical (unpaired) electrons. The molecule has 8 aromatic carbocycles. The number of rotatable bonds is 4. The third-order valence-electron chi connectivity index (χ3n) is 12.7. The van der Waals surface area contributed by atoms with Crippen LogP contribution in [0.5, 0.6) is 0 Å². The Bertz CT molecular complexity index is 2750. The Morgan fingerprint density at radius 3 is 1.47 bits per heavy atom. The van der Waals surface area contributed by atoms with Gasteiger partial charge in [0.1, 0.15) is 0 Å². The summed E-state index contributed by atoms with van der Waals surface area (Å²) in [6.45, 7) is 17.1. The summed E-state index contributed by atoms with van der Waals surface area (Å²) < 4.78 is 0. The molecule has 55 heavy (non-hydrogen) atoms. The molecule has 0 saturated carbocycles. The van der Waals surface area contributed by atoms with Gasteiger partial charge in [0.25, 0.3) is 0 Å². The molecular formula is C54H47N. The van der Waals surface area contributed by atoms with E-state index in [0.29, 0.717) is 0 Å². The monoisotopic (exact) mass is 709 g/mol. The van der Waals surface area contributed by atoms with Crippen LogP contribution in [0.2, 0.25) is 0 Å². The molecule has 0 bridgehead atoms. The normalized spacial score (nSPS) is 14.7. The van der Waals surface area contributed by atoms with Gasteiger partial charge in [0.05, 0.1) is 11.4 Å². The van der Waals surface area contributed by atoms with Crippen LogP contribution in [0.25, 0.3) is 54.9 Å². The number of nitrogens with zero attached hydrogens (tertiary/aromatic N) is 1. The molecule has 268 valence electrons. The van der Waals surface area contributed by atoms with Crippen molar-refractivity contribution in [3.05, 3.63) is 186 Å². The molecule has 1 heteroatoms. The van der Waals surface area contributed by atoms with Crippen molar-refractivity contribution in [1.82, 2.24) is 0 Å². The zero-order valence-electron chi connectivity index (χ0n) is 33.0. The second-order valence-electron chi connectivity index (χ2n) is 17.7. The van der Waals surface area contributed by atoms with E-state index in [1.54, 1.807) is 0 Å². The summed E-state index contributed by atoms with van der Waals surface area (Å²) >= 11 is 0. The van der Waals surface area contributed by atoms with Gasteiger partial charge >= 0.3 is 0 Å². The molecule has 0 amide bonds. The zero-order chi connectivity index (χ0) is 37.9. The van der Waals surface area contributed by atoms with Crippen molar-refractivity contribution in [2.45, 2.75) is 64.7 Å². The fourth-order valence-corrected chi connectivity index (χ4v) is 10.3. The van der Waals surface area contributed by atoms with Gasteiger partial charge in [0.15, 0.2) is 0 Å². The summed E-state index contributed by atoms with van der Waals surface area (Å²) in [5.74, 6) is 0. The standard InChI is InChI=1S/C54H47N/c1-52(2,3)48-46-41-24-12-14-27-43(41)53(4,5)49(46)51(50-47(48)42-25-13-15-28-44(42)54(50,6)7)55(45-29-17-21-35-19-9-11-23-40(35)45)37-32-30-36(31-33-37)39-26-16-20-34-18-8-10-22-38(34)39/h8-33H,1-7H3. The quantitative estimate of drug-likeness (QED) is 0.176. The highest BCUT2D eigenvalue weighted by molar-refractivity contribution is 6.07. The molecule has 10 rings (SSSR count). The minimum Gasteiger partial charge on any atom is -0.309 e. The molecular weight excluding hydrogens is 663 g/mol. The van der Waals surface area contributed by atoms with Gasteiger partial charge in [0.2, 0.25) is 0 Å². The van der Waals surface area contributed by atoms with Gasteiger partial charge in [0, 0.05) is 21.9 Å². The summed E-state index contributed by atoms with van der Waals surface area (Å²) in [6.07, 6.45) is 0. The fraction of sp³-hybridized carbons (Fsp3) is 0.185. The lowest BCUT2D eigenvalue weighted by atomic mass is 9.70. The van der Waals surface area contributed by atoms with Gasteiger partial charge < -0.3 is 4.90 Å². The van der Waals surface area contributed by atoms with Crippen LogP contribution in [-0.2, 0) is 16.2 Å². The predicted octanol–water partition coefficient (Wildman–Crippen LogP) is 15.0. The summed E-state index contributed by atoms with van der Waals surface area (Å²) in [6, 6.07) is 58.9. The Hall–Kier alpha value is -5.92. The van der Waals surface area contributed by atoms with Gasteiger partial charge in [-0.05, 0) is 101 Å². The van der Waals surface area contributed by atoms with E-state index < -0.39 is 0 Å². The number of anilines is 3.